The Morgan fingerprint density at radius 1 is 0.977 bits per heavy atom. The lowest BCUT2D eigenvalue weighted by atomic mass is 9.95. The number of amides is 3. The Kier molecular flexibility index (Phi) is 8.46. The first-order valence-corrected chi connectivity index (χ1v) is 12.6. The van der Waals surface area contributed by atoms with Crippen molar-refractivity contribution in [3.05, 3.63) is 70.9 Å². The van der Waals surface area contributed by atoms with E-state index in [0.717, 1.165) is 25.1 Å². The molecular formula is C29H22F3N5O6. The molecule has 3 amide bonds. The highest BCUT2D eigenvalue weighted by Gasteiger charge is 2.35. The van der Waals surface area contributed by atoms with Crippen molar-refractivity contribution < 1.29 is 42.0 Å². The summed E-state index contributed by atoms with van der Waals surface area (Å²) >= 11 is 0. The van der Waals surface area contributed by atoms with Crippen molar-refractivity contribution in [3.63, 3.8) is 0 Å². The van der Waals surface area contributed by atoms with Gasteiger partial charge >= 0.3 is 12.1 Å². The maximum Gasteiger partial charge on any atom is 0.417 e. The Hall–Kier alpha value is -5.71. The molecular weight excluding hydrogens is 571 g/mol. The van der Waals surface area contributed by atoms with E-state index in [1.54, 1.807) is 13.0 Å². The average Bonchev–Trinajstić information content (AvgIpc) is 3.35. The van der Waals surface area contributed by atoms with Crippen molar-refractivity contribution in [1.82, 2.24) is 5.16 Å². The van der Waals surface area contributed by atoms with Crippen LogP contribution in [0.25, 0.3) is 22.1 Å². The Labute approximate surface area is 241 Å². The topological polar surface area (TPSA) is 174 Å². The maximum atomic E-state index is 14.2. The number of nitriles is 1. The van der Waals surface area contributed by atoms with Gasteiger partial charge in [-0.1, -0.05) is 18.1 Å². The number of carbonyl (C=O) groups excluding carboxylic acids is 3. The molecule has 3 aromatic carbocycles. The summed E-state index contributed by atoms with van der Waals surface area (Å²) in [4.78, 5) is 48.8. The third-order valence-corrected chi connectivity index (χ3v) is 6.14. The zero-order valence-corrected chi connectivity index (χ0v) is 22.5. The van der Waals surface area contributed by atoms with E-state index < -0.39 is 35.4 Å². The normalized spacial score (nSPS) is 11.1. The molecule has 0 unspecified atom stereocenters. The highest BCUT2D eigenvalue weighted by molar-refractivity contribution is 6.14. The number of carbonyl (C=O) groups is 4. The van der Waals surface area contributed by atoms with Crippen LogP contribution in [0.4, 0.5) is 30.2 Å². The molecule has 0 bridgehead atoms. The molecule has 4 N–H and O–H groups in total. The predicted molar refractivity (Wildman–Crippen MR) is 148 cm³/mol. The van der Waals surface area contributed by atoms with Crippen LogP contribution in [0.2, 0.25) is 0 Å². The fraction of sp³-hybridized carbons (Fsp3) is 0.172. The number of anilines is 3. The van der Waals surface area contributed by atoms with E-state index in [4.69, 9.17) is 9.78 Å². The molecule has 0 saturated carbocycles. The van der Waals surface area contributed by atoms with E-state index in [1.807, 2.05) is 0 Å². The Morgan fingerprint density at radius 3 is 2.35 bits per heavy atom. The van der Waals surface area contributed by atoms with E-state index in [1.165, 1.54) is 30.3 Å². The van der Waals surface area contributed by atoms with Crippen LogP contribution in [0.15, 0.2) is 53.1 Å². The average molecular weight is 594 g/mol. The first-order chi connectivity index (χ1) is 20.3. The minimum atomic E-state index is -4.86. The number of nitrogens with zero attached hydrogens (tertiary/aromatic N) is 2. The number of carboxylic acids is 1. The minimum absolute atomic E-state index is 0.0157. The van der Waals surface area contributed by atoms with E-state index in [9.17, 15) is 37.5 Å². The molecule has 4 aromatic rings. The molecule has 11 nitrogen and oxygen atoms in total. The molecule has 220 valence electrons. The summed E-state index contributed by atoms with van der Waals surface area (Å²) in [5.41, 5.74) is -2.63. The lowest BCUT2D eigenvalue weighted by Gasteiger charge is -2.18. The molecule has 0 fully saturated rings. The molecule has 0 radical (unpaired) electrons. The third-order valence-electron chi connectivity index (χ3n) is 6.14. The molecule has 0 spiro atoms. The number of alkyl halides is 3. The molecule has 0 aliphatic carbocycles. The standard InChI is InChI=1S/C29H22F3N5O6/c1-3-4-25(39)35-23-11-20-24(12-18(23)17-7-6-16(34-14(2)38)10-21(17)29(30,31)32)43-37-26(20)27(40)36-22-8-5-15(13-33)9-19(22)28(41)42/h5-12H,3-4H2,1-2H3,(H,34,38)(H,35,39)(H,36,40)(H,41,42). The number of halogens is 3. The van der Waals surface area contributed by atoms with Crippen LogP contribution >= 0.6 is 0 Å². The van der Waals surface area contributed by atoms with Gasteiger partial charge in [0.05, 0.1) is 33.8 Å². The van der Waals surface area contributed by atoms with Gasteiger partial charge in [-0.25, -0.2) is 4.79 Å². The summed E-state index contributed by atoms with van der Waals surface area (Å²) in [6.07, 6.45) is -4.36. The highest BCUT2D eigenvalue weighted by Crippen LogP contribution is 2.43. The van der Waals surface area contributed by atoms with Crippen LogP contribution in [0.1, 0.15) is 58.7 Å². The van der Waals surface area contributed by atoms with Crippen LogP contribution in [0.3, 0.4) is 0 Å². The summed E-state index contributed by atoms with van der Waals surface area (Å²) < 4.78 is 47.8. The summed E-state index contributed by atoms with van der Waals surface area (Å²) in [7, 11) is 0. The minimum Gasteiger partial charge on any atom is -0.478 e. The van der Waals surface area contributed by atoms with Crippen molar-refractivity contribution >= 4 is 51.7 Å². The van der Waals surface area contributed by atoms with Crippen LogP contribution in [-0.2, 0) is 15.8 Å². The third kappa shape index (κ3) is 6.62. The molecule has 0 aliphatic rings. The maximum absolute atomic E-state index is 14.2. The number of hydrogen-bond acceptors (Lipinski definition) is 7. The number of rotatable bonds is 8. The molecule has 43 heavy (non-hydrogen) atoms. The monoisotopic (exact) mass is 593 g/mol. The Balaban J connectivity index is 1.85. The number of aromatic nitrogens is 1. The van der Waals surface area contributed by atoms with Gasteiger partial charge in [-0.15, -0.1) is 0 Å². The second kappa shape index (κ2) is 12.0. The number of aromatic carboxylic acids is 1. The van der Waals surface area contributed by atoms with Crippen LogP contribution in [0.5, 0.6) is 0 Å². The van der Waals surface area contributed by atoms with Crippen LogP contribution in [-0.4, -0.2) is 34.0 Å². The number of benzene rings is 3. The summed E-state index contributed by atoms with van der Waals surface area (Å²) in [6.45, 7) is 2.89. The first kappa shape index (κ1) is 30.3. The fourth-order valence-corrected chi connectivity index (χ4v) is 4.29. The number of nitrogens with one attached hydrogen (secondary N) is 3. The van der Waals surface area contributed by atoms with Crippen LogP contribution in [0, 0.1) is 11.3 Å². The van der Waals surface area contributed by atoms with Gasteiger partial charge in [-0.05, 0) is 54.4 Å². The summed E-state index contributed by atoms with van der Waals surface area (Å²) in [5, 5.41) is 29.6. The van der Waals surface area contributed by atoms with Crippen molar-refractivity contribution in [1.29, 1.82) is 5.26 Å². The molecule has 0 aliphatic heterocycles. The molecule has 0 atom stereocenters. The molecule has 14 heteroatoms. The lowest BCUT2D eigenvalue weighted by molar-refractivity contribution is -0.137. The summed E-state index contributed by atoms with van der Waals surface area (Å²) in [6, 6.07) is 11.0. The summed E-state index contributed by atoms with van der Waals surface area (Å²) in [5.74, 6) is -3.40. The van der Waals surface area contributed by atoms with Crippen molar-refractivity contribution in [2.45, 2.75) is 32.9 Å². The Bertz CT molecular complexity index is 1820. The fourth-order valence-electron chi connectivity index (χ4n) is 4.29. The van der Waals surface area contributed by atoms with Gasteiger partial charge in [0, 0.05) is 30.3 Å². The van der Waals surface area contributed by atoms with Crippen molar-refractivity contribution in [2.24, 2.45) is 0 Å². The lowest BCUT2D eigenvalue weighted by Crippen LogP contribution is -2.16. The number of fused-ring (bicyclic) bond motifs is 1. The highest BCUT2D eigenvalue weighted by atomic mass is 19.4. The molecule has 1 aromatic heterocycles. The zero-order chi connectivity index (χ0) is 31.5. The van der Waals surface area contributed by atoms with E-state index >= 15 is 0 Å². The predicted octanol–water partition coefficient (Wildman–Crippen LogP) is 6.03. The van der Waals surface area contributed by atoms with E-state index in [2.05, 4.69) is 21.1 Å². The second-order valence-corrected chi connectivity index (χ2v) is 9.29. The smallest absolute Gasteiger partial charge is 0.417 e. The van der Waals surface area contributed by atoms with Gasteiger partial charge < -0.3 is 25.6 Å². The largest absolute Gasteiger partial charge is 0.478 e. The first-order valence-electron chi connectivity index (χ1n) is 12.6. The quantitative estimate of drug-likeness (QED) is 0.191. The van der Waals surface area contributed by atoms with Gasteiger partial charge in [-0.3, -0.25) is 14.4 Å². The van der Waals surface area contributed by atoms with Gasteiger partial charge in [0.25, 0.3) is 5.91 Å². The van der Waals surface area contributed by atoms with Gasteiger partial charge in [0.15, 0.2) is 11.3 Å². The van der Waals surface area contributed by atoms with E-state index in [0.29, 0.717) is 6.42 Å². The van der Waals surface area contributed by atoms with Gasteiger partial charge in [-0.2, -0.15) is 18.4 Å². The van der Waals surface area contributed by atoms with Gasteiger partial charge in [0.2, 0.25) is 11.8 Å². The van der Waals surface area contributed by atoms with Crippen molar-refractivity contribution in [2.75, 3.05) is 16.0 Å². The van der Waals surface area contributed by atoms with Gasteiger partial charge in [0.1, 0.15) is 0 Å². The zero-order valence-electron chi connectivity index (χ0n) is 22.5. The molecule has 1 heterocycles. The second-order valence-electron chi connectivity index (χ2n) is 9.29. The number of carboxylic acid groups (broad SMARTS) is 1. The SMILES string of the molecule is CCCC(=O)Nc1cc2c(C(=O)Nc3ccc(C#N)cc3C(=O)O)noc2cc1-c1ccc(NC(C)=O)cc1C(F)(F)F. The number of hydrogen-bond donors (Lipinski definition) is 4. The Morgan fingerprint density at radius 2 is 1.72 bits per heavy atom. The molecule has 4 rings (SSSR count). The van der Waals surface area contributed by atoms with Crippen molar-refractivity contribution in [3.8, 4) is 17.2 Å². The van der Waals surface area contributed by atoms with Crippen LogP contribution < -0.4 is 16.0 Å². The molecule has 0 saturated heterocycles. The van der Waals surface area contributed by atoms with E-state index in [-0.39, 0.29) is 62.4 Å².